The van der Waals surface area contributed by atoms with E-state index < -0.39 is 5.97 Å². The predicted molar refractivity (Wildman–Crippen MR) is 117 cm³/mol. The third kappa shape index (κ3) is 4.64. The van der Waals surface area contributed by atoms with Crippen molar-refractivity contribution in [3.05, 3.63) is 89.4 Å². The summed E-state index contributed by atoms with van der Waals surface area (Å²) in [6.07, 6.45) is 1.59. The number of esters is 1. The van der Waals surface area contributed by atoms with E-state index in [1.54, 1.807) is 65.4 Å². The van der Waals surface area contributed by atoms with Crippen LogP contribution in [0.1, 0.15) is 37.4 Å². The van der Waals surface area contributed by atoms with Crippen LogP contribution in [-0.2, 0) is 16.1 Å². The molecule has 4 rings (SSSR count). The number of carbonyl (C=O) groups excluding carboxylic acids is 3. The van der Waals surface area contributed by atoms with Crippen LogP contribution in [-0.4, -0.2) is 35.5 Å². The van der Waals surface area contributed by atoms with Crippen molar-refractivity contribution in [1.82, 2.24) is 4.90 Å². The summed E-state index contributed by atoms with van der Waals surface area (Å²) in [4.78, 5) is 38.2. The predicted octanol–water partition coefficient (Wildman–Crippen LogP) is 4.09. The average molecular weight is 436 g/mol. The fourth-order valence-corrected chi connectivity index (χ4v) is 4.47. The summed E-state index contributed by atoms with van der Waals surface area (Å²) in [5.74, 6) is 0.506. The summed E-state index contributed by atoms with van der Waals surface area (Å²) >= 11 is 1.55. The van der Waals surface area contributed by atoms with Crippen molar-refractivity contribution < 1.29 is 23.5 Å². The van der Waals surface area contributed by atoms with Gasteiger partial charge in [0.2, 0.25) is 5.91 Å². The Bertz CT molecular complexity index is 1080. The first-order valence-corrected chi connectivity index (χ1v) is 10.6. The number of thioether (sulfide) groups is 1. The van der Waals surface area contributed by atoms with Gasteiger partial charge in [-0.2, -0.15) is 0 Å². The van der Waals surface area contributed by atoms with E-state index in [2.05, 4.69) is 10.1 Å². The van der Waals surface area contributed by atoms with Crippen molar-refractivity contribution in [3.63, 3.8) is 0 Å². The van der Waals surface area contributed by atoms with Crippen LogP contribution in [0.25, 0.3) is 0 Å². The Kier molecular flexibility index (Phi) is 6.08. The molecule has 1 aromatic heterocycles. The average Bonchev–Trinajstić information content (AvgIpc) is 3.44. The molecule has 1 atom stereocenters. The summed E-state index contributed by atoms with van der Waals surface area (Å²) < 4.78 is 10.0. The Morgan fingerprint density at radius 3 is 2.45 bits per heavy atom. The highest BCUT2D eigenvalue weighted by Gasteiger charge is 2.33. The van der Waals surface area contributed by atoms with E-state index in [0.717, 1.165) is 11.3 Å². The minimum Gasteiger partial charge on any atom is -0.467 e. The lowest BCUT2D eigenvalue weighted by Gasteiger charge is -2.23. The Hall–Kier alpha value is -3.52. The Morgan fingerprint density at radius 2 is 1.81 bits per heavy atom. The number of nitrogens with one attached hydrogen (secondary N) is 1. The van der Waals surface area contributed by atoms with E-state index >= 15 is 0 Å². The van der Waals surface area contributed by atoms with Crippen LogP contribution in [0.2, 0.25) is 0 Å². The molecule has 8 heteroatoms. The maximum absolute atomic E-state index is 12.6. The topological polar surface area (TPSA) is 88.8 Å². The molecule has 0 bridgehead atoms. The van der Waals surface area contributed by atoms with Gasteiger partial charge in [0.1, 0.15) is 11.1 Å². The molecule has 31 heavy (non-hydrogen) atoms. The first kappa shape index (κ1) is 20.7. The zero-order valence-corrected chi connectivity index (χ0v) is 17.6. The largest absolute Gasteiger partial charge is 0.467 e. The molecule has 0 saturated carbocycles. The number of benzene rings is 2. The minimum absolute atomic E-state index is 0.0589. The second-order valence-electron chi connectivity index (χ2n) is 6.91. The number of nitrogens with zero attached hydrogens (tertiary/aromatic N) is 1. The Morgan fingerprint density at radius 1 is 1.10 bits per heavy atom. The Balaban J connectivity index is 1.43. The van der Waals surface area contributed by atoms with Crippen LogP contribution in [0.5, 0.6) is 0 Å². The number of methoxy groups -OCH3 is 1. The van der Waals surface area contributed by atoms with Crippen LogP contribution in [0.3, 0.4) is 0 Å². The van der Waals surface area contributed by atoms with Gasteiger partial charge in [-0.15, -0.1) is 11.8 Å². The van der Waals surface area contributed by atoms with Crippen molar-refractivity contribution in [3.8, 4) is 0 Å². The number of anilines is 1. The molecule has 2 amide bonds. The zero-order chi connectivity index (χ0) is 21.8. The van der Waals surface area contributed by atoms with Gasteiger partial charge in [-0.25, -0.2) is 4.79 Å². The summed E-state index contributed by atoms with van der Waals surface area (Å²) in [7, 11) is 1.32. The van der Waals surface area contributed by atoms with Crippen molar-refractivity contribution in [2.24, 2.45) is 0 Å². The van der Waals surface area contributed by atoms with Crippen molar-refractivity contribution in [1.29, 1.82) is 0 Å². The van der Waals surface area contributed by atoms with Gasteiger partial charge in [-0.3, -0.25) is 9.59 Å². The highest BCUT2D eigenvalue weighted by molar-refractivity contribution is 8.00. The molecule has 2 heterocycles. The number of rotatable bonds is 6. The van der Waals surface area contributed by atoms with Gasteiger partial charge in [0.25, 0.3) is 5.91 Å². The lowest BCUT2D eigenvalue weighted by molar-refractivity contribution is -0.128. The molecule has 7 nitrogen and oxygen atoms in total. The smallest absolute Gasteiger partial charge is 0.337 e. The summed E-state index contributed by atoms with van der Waals surface area (Å²) in [5.41, 5.74) is 2.42. The van der Waals surface area contributed by atoms with Gasteiger partial charge in [0, 0.05) is 11.3 Å². The van der Waals surface area contributed by atoms with Gasteiger partial charge in [-0.1, -0.05) is 12.1 Å². The monoisotopic (exact) mass is 436 g/mol. The van der Waals surface area contributed by atoms with Crippen LogP contribution in [0.4, 0.5) is 5.69 Å². The molecule has 0 aliphatic carbocycles. The standard InChI is InChI=1S/C23H20N2O5S/c1-29-23(28)17-8-10-18(11-9-17)24-21(27)15-4-6-16(7-5-15)22-25(20(26)14-31-22)13-19-3-2-12-30-19/h2-12,22H,13-14H2,1H3,(H,24,27)/t22-/m1/s1. The van der Waals surface area contributed by atoms with Gasteiger partial charge >= 0.3 is 5.97 Å². The van der Waals surface area contributed by atoms with Crippen LogP contribution >= 0.6 is 11.8 Å². The molecule has 0 radical (unpaired) electrons. The van der Waals surface area contributed by atoms with Gasteiger partial charge in [-0.05, 0) is 54.1 Å². The summed E-state index contributed by atoms with van der Waals surface area (Å²) in [5, 5.41) is 2.68. The molecule has 2 aromatic carbocycles. The van der Waals surface area contributed by atoms with Crippen LogP contribution in [0, 0.1) is 0 Å². The quantitative estimate of drug-likeness (QED) is 0.586. The molecule has 1 N–H and O–H groups in total. The van der Waals surface area contributed by atoms with E-state index in [1.165, 1.54) is 7.11 Å². The second-order valence-corrected chi connectivity index (χ2v) is 7.98. The molecule has 1 aliphatic rings. The zero-order valence-electron chi connectivity index (χ0n) is 16.7. The van der Waals surface area contributed by atoms with Gasteiger partial charge in [0.05, 0.1) is 31.2 Å². The fourth-order valence-electron chi connectivity index (χ4n) is 3.28. The molecule has 1 aliphatic heterocycles. The number of hydrogen-bond acceptors (Lipinski definition) is 6. The third-order valence-electron chi connectivity index (χ3n) is 4.90. The lowest BCUT2D eigenvalue weighted by Crippen LogP contribution is -2.27. The van der Waals surface area contributed by atoms with E-state index in [9.17, 15) is 14.4 Å². The molecular weight excluding hydrogens is 416 g/mol. The molecule has 3 aromatic rings. The normalized spacial score (nSPS) is 15.7. The molecule has 1 saturated heterocycles. The molecule has 158 valence electrons. The van der Waals surface area contributed by atoms with E-state index in [-0.39, 0.29) is 17.2 Å². The Labute approximate surface area is 183 Å². The highest BCUT2D eigenvalue weighted by atomic mass is 32.2. The SMILES string of the molecule is COC(=O)c1ccc(NC(=O)c2ccc([C@H]3SCC(=O)N3Cc3ccco3)cc2)cc1. The molecule has 0 unspecified atom stereocenters. The van der Waals surface area contributed by atoms with E-state index in [0.29, 0.717) is 29.1 Å². The summed E-state index contributed by atoms with van der Waals surface area (Å²) in [6, 6.07) is 17.3. The second kappa shape index (κ2) is 9.09. The number of hydrogen-bond donors (Lipinski definition) is 1. The van der Waals surface area contributed by atoms with Gasteiger partial charge < -0.3 is 19.4 Å². The number of furan rings is 1. The lowest BCUT2D eigenvalue weighted by atomic mass is 10.1. The van der Waals surface area contributed by atoms with Crippen molar-refractivity contribution in [2.75, 3.05) is 18.2 Å². The van der Waals surface area contributed by atoms with Crippen molar-refractivity contribution >= 4 is 35.2 Å². The number of ether oxygens (including phenoxy) is 1. The molecule has 1 fully saturated rings. The number of amides is 2. The highest BCUT2D eigenvalue weighted by Crippen LogP contribution is 2.39. The summed E-state index contributed by atoms with van der Waals surface area (Å²) in [6.45, 7) is 0.410. The molecular formula is C23H20N2O5S. The third-order valence-corrected chi connectivity index (χ3v) is 6.15. The van der Waals surface area contributed by atoms with Crippen LogP contribution < -0.4 is 5.32 Å². The maximum Gasteiger partial charge on any atom is 0.337 e. The number of carbonyl (C=O) groups is 3. The van der Waals surface area contributed by atoms with Gasteiger partial charge in [0.15, 0.2) is 0 Å². The maximum atomic E-state index is 12.6. The van der Waals surface area contributed by atoms with E-state index in [1.807, 2.05) is 18.2 Å². The van der Waals surface area contributed by atoms with E-state index in [4.69, 9.17) is 4.42 Å². The first-order valence-electron chi connectivity index (χ1n) is 9.58. The first-order chi connectivity index (χ1) is 15.0. The van der Waals surface area contributed by atoms with Crippen LogP contribution in [0.15, 0.2) is 71.3 Å². The molecule has 0 spiro atoms. The van der Waals surface area contributed by atoms with Crippen molar-refractivity contribution in [2.45, 2.75) is 11.9 Å². The fraction of sp³-hybridized carbons (Fsp3) is 0.174. The minimum atomic E-state index is -0.433.